The fourth-order valence-electron chi connectivity index (χ4n) is 2.86. The van der Waals surface area contributed by atoms with Gasteiger partial charge in [-0.05, 0) is 41.8 Å². The molecule has 0 fully saturated rings. The molecular formula is C19H19F3N2O. The van der Waals surface area contributed by atoms with Crippen LogP contribution in [-0.4, -0.2) is 18.3 Å². The first-order valence-electron chi connectivity index (χ1n) is 8.09. The zero-order chi connectivity index (χ0) is 17.9. The second kappa shape index (κ2) is 7.19. The van der Waals surface area contributed by atoms with Crippen molar-refractivity contribution in [3.8, 4) is 0 Å². The molecule has 0 aromatic heterocycles. The van der Waals surface area contributed by atoms with Crippen molar-refractivity contribution in [2.45, 2.75) is 19.1 Å². The smallest absolute Gasteiger partial charge is 0.396 e. The number of aliphatic hydroxyl groups excluding tert-OH is 1. The molecule has 0 unspecified atom stereocenters. The number of benzene rings is 2. The maximum Gasteiger partial charge on any atom is 0.417 e. The van der Waals surface area contributed by atoms with Crippen LogP contribution in [0.4, 0.5) is 18.9 Å². The van der Waals surface area contributed by atoms with Crippen molar-refractivity contribution in [1.29, 1.82) is 0 Å². The number of fused-ring (bicyclic) bond motifs is 1. The molecule has 0 spiro atoms. The summed E-state index contributed by atoms with van der Waals surface area (Å²) < 4.78 is 39.7. The Balaban J connectivity index is 1.89. The molecule has 0 amide bonds. The molecule has 3 rings (SSSR count). The normalized spacial score (nSPS) is 13.7. The van der Waals surface area contributed by atoms with Crippen molar-refractivity contribution in [3.05, 3.63) is 64.7 Å². The molecule has 0 atom stereocenters. The number of aliphatic hydroxyl groups is 1. The summed E-state index contributed by atoms with van der Waals surface area (Å²) in [7, 11) is 0. The number of hydrogen-bond acceptors (Lipinski definition) is 3. The highest BCUT2D eigenvalue weighted by atomic mass is 19.4. The van der Waals surface area contributed by atoms with Crippen molar-refractivity contribution >= 4 is 17.5 Å². The Morgan fingerprint density at radius 2 is 1.92 bits per heavy atom. The minimum Gasteiger partial charge on any atom is -0.396 e. The van der Waals surface area contributed by atoms with Gasteiger partial charge in [0.25, 0.3) is 0 Å². The van der Waals surface area contributed by atoms with Gasteiger partial charge in [0, 0.05) is 36.6 Å². The van der Waals surface area contributed by atoms with Crippen LogP contribution in [0.2, 0.25) is 0 Å². The first kappa shape index (κ1) is 17.4. The summed E-state index contributed by atoms with van der Waals surface area (Å²) in [5.74, 6) is 0. The SMILES string of the molecule is OCCCNc1ccc2c(c1)CNC(c1ccccc1C(F)(F)F)=C2. The maximum absolute atomic E-state index is 13.2. The van der Waals surface area contributed by atoms with Crippen LogP contribution in [0.3, 0.4) is 0 Å². The fraction of sp³-hybridized carbons (Fsp3) is 0.263. The molecule has 1 heterocycles. The van der Waals surface area contributed by atoms with Crippen molar-refractivity contribution in [2.75, 3.05) is 18.5 Å². The second-order valence-electron chi connectivity index (χ2n) is 5.87. The van der Waals surface area contributed by atoms with E-state index in [2.05, 4.69) is 10.6 Å². The van der Waals surface area contributed by atoms with E-state index < -0.39 is 11.7 Å². The molecule has 0 radical (unpaired) electrons. The lowest BCUT2D eigenvalue weighted by atomic mass is 9.96. The van der Waals surface area contributed by atoms with Gasteiger partial charge in [-0.15, -0.1) is 0 Å². The lowest BCUT2D eigenvalue weighted by Gasteiger charge is -2.22. The van der Waals surface area contributed by atoms with Crippen LogP contribution in [0, 0.1) is 0 Å². The summed E-state index contributed by atoms with van der Waals surface area (Å²) in [5.41, 5.74) is 2.84. The zero-order valence-corrected chi connectivity index (χ0v) is 13.5. The lowest BCUT2D eigenvalue weighted by Crippen LogP contribution is -2.20. The van der Waals surface area contributed by atoms with E-state index in [0.717, 1.165) is 22.9 Å². The third kappa shape index (κ3) is 3.96. The van der Waals surface area contributed by atoms with Gasteiger partial charge in [0.05, 0.1) is 5.56 Å². The first-order chi connectivity index (χ1) is 12.0. The number of halogens is 3. The molecule has 2 aromatic carbocycles. The standard InChI is InChI=1S/C19H19F3N2O/c20-19(21,22)17-5-2-1-4-16(17)18-11-13-6-7-15(23-8-3-9-25)10-14(13)12-24-18/h1-2,4-7,10-11,23-25H,3,8-9,12H2. The summed E-state index contributed by atoms with van der Waals surface area (Å²) in [6, 6.07) is 11.4. The molecule has 3 nitrogen and oxygen atoms in total. The molecule has 25 heavy (non-hydrogen) atoms. The monoisotopic (exact) mass is 348 g/mol. The molecular weight excluding hydrogens is 329 g/mol. The molecule has 0 bridgehead atoms. The van der Waals surface area contributed by atoms with E-state index in [9.17, 15) is 13.2 Å². The number of rotatable bonds is 5. The van der Waals surface area contributed by atoms with Crippen LogP contribution in [0.25, 0.3) is 11.8 Å². The van der Waals surface area contributed by atoms with Crippen LogP contribution in [0.1, 0.15) is 28.7 Å². The third-order valence-corrected chi connectivity index (χ3v) is 4.10. The Labute approximate surface area is 144 Å². The van der Waals surface area contributed by atoms with E-state index >= 15 is 0 Å². The summed E-state index contributed by atoms with van der Waals surface area (Å²) >= 11 is 0. The first-order valence-corrected chi connectivity index (χ1v) is 8.09. The van der Waals surface area contributed by atoms with Crippen LogP contribution in [-0.2, 0) is 12.7 Å². The molecule has 3 N–H and O–H groups in total. The molecule has 1 aliphatic heterocycles. The molecule has 0 aliphatic carbocycles. The molecule has 2 aromatic rings. The topological polar surface area (TPSA) is 44.3 Å². The van der Waals surface area contributed by atoms with Crippen LogP contribution < -0.4 is 10.6 Å². The van der Waals surface area contributed by atoms with Crippen LogP contribution in [0.15, 0.2) is 42.5 Å². The van der Waals surface area contributed by atoms with Gasteiger partial charge < -0.3 is 15.7 Å². The van der Waals surface area contributed by atoms with E-state index in [1.165, 1.54) is 12.1 Å². The summed E-state index contributed by atoms with van der Waals surface area (Å²) in [6.45, 7) is 1.26. The Hall–Kier alpha value is -2.47. The molecule has 0 saturated carbocycles. The van der Waals surface area contributed by atoms with Crippen molar-refractivity contribution in [2.24, 2.45) is 0 Å². The highest BCUT2D eigenvalue weighted by Gasteiger charge is 2.34. The molecule has 132 valence electrons. The van der Waals surface area contributed by atoms with Gasteiger partial charge in [0.2, 0.25) is 0 Å². The third-order valence-electron chi connectivity index (χ3n) is 4.10. The highest BCUT2D eigenvalue weighted by molar-refractivity contribution is 5.84. The van der Waals surface area contributed by atoms with Gasteiger partial charge in [-0.1, -0.05) is 24.3 Å². The minimum atomic E-state index is -4.39. The summed E-state index contributed by atoms with van der Waals surface area (Å²) in [4.78, 5) is 0. The fourth-order valence-corrected chi connectivity index (χ4v) is 2.86. The number of anilines is 1. The van der Waals surface area contributed by atoms with Gasteiger partial charge >= 0.3 is 6.18 Å². The van der Waals surface area contributed by atoms with E-state index in [0.29, 0.717) is 25.2 Å². The Morgan fingerprint density at radius 1 is 1.12 bits per heavy atom. The number of nitrogens with one attached hydrogen (secondary N) is 2. The molecule has 6 heteroatoms. The number of alkyl halides is 3. The lowest BCUT2D eigenvalue weighted by molar-refractivity contribution is -0.137. The predicted molar refractivity (Wildman–Crippen MR) is 92.8 cm³/mol. The quantitative estimate of drug-likeness (QED) is 0.713. The average molecular weight is 348 g/mol. The van der Waals surface area contributed by atoms with Crippen molar-refractivity contribution < 1.29 is 18.3 Å². The summed E-state index contributed by atoms with van der Waals surface area (Å²) in [6.07, 6.45) is -1.98. The maximum atomic E-state index is 13.2. The largest absolute Gasteiger partial charge is 0.417 e. The van der Waals surface area contributed by atoms with E-state index in [-0.39, 0.29) is 12.2 Å². The van der Waals surface area contributed by atoms with Gasteiger partial charge in [-0.25, -0.2) is 0 Å². The van der Waals surface area contributed by atoms with Crippen LogP contribution >= 0.6 is 0 Å². The van der Waals surface area contributed by atoms with Gasteiger partial charge in [0.15, 0.2) is 0 Å². The predicted octanol–water partition coefficient (Wildman–Crippen LogP) is 4.10. The van der Waals surface area contributed by atoms with Gasteiger partial charge in [-0.2, -0.15) is 13.2 Å². The van der Waals surface area contributed by atoms with E-state index in [1.807, 2.05) is 18.2 Å². The minimum absolute atomic E-state index is 0.129. The van der Waals surface area contributed by atoms with Gasteiger partial charge in [-0.3, -0.25) is 0 Å². The van der Waals surface area contributed by atoms with Crippen molar-refractivity contribution in [3.63, 3.8) is 0 Å². The molecule has 1 aliphatic rings. The molecule has 0 saturated heterocycles. The van der Waals surface area contributed by atoms with E-state index in [4.69, 9.17) is 5.11 Å². The van der Waals surface area contributed by atoms with Gasteiger partial charge in [0.1, 0.15) is 0 Å². The Morgan fingerprint density at radius 3 is 2.68 bits per heavy atom. The Bertz CT molecular complexity index is 784. The Kier molecular flexibility index (Phi) is 4.99. The highest BCUT2D eigenvalue weighted by Crippen LogP contribution is 2.36. The summed E-state index contributed by atoms with van der Waals surface area (Å²) in [5, 5.41) is 15.1. The van der Waals surface area contributed by atoms with Crippen LogP contribution in [0.5, 0.6) is 0 Å². The zero-order valence-electron chi connectivity index (χ0n) is 13.5. The second-order valence-corrected chi connectivity index (χ2v) is 5.87. The average Bonchev–Trinajstić information content (AvgIpc) is 2.61. The number of hydrogen-bond donors (Lipinski definition) is 3. The van der Waals surface area contributed by atoms with Crippen molar-refractivity contribution in [1.82, 2.24) is 5.32 Å². The van der Waals surface area contributed by atoms with E-state index in [1.54, 1.807) is 12.1 Å².